The minimum atomic E-state index is 0.535. The summed E-state index contributed by atoms with van der Waals surface area (Å²) in [6.07, 6.45) is 1.97. The Morgan fingerprint density at radius 3 is 1.42 bits per heavy atom. The van der Waals surface area contributed by atoms with Crippen LogP contribution in [0, 0.1) is 0 Å². The van der Waals surface area contributed by atoms with Gasteiger partial charge in [0, 0.05) is 11.8 Å². The summed E-state index contributed by atoms with van der Waals surface area (Å²) < 4.78 is 0. The van der Waals surface area contributed by atoms with Gasteiger partial charge in [-0.3, -0.25) is 0 Å². The number of fused-ring (bicyclic) bond motifs is 2. The highest BCUT2D eigenvalue weighted by Crippen LogP contribution is 2.30. The molecule has 0 amide bonds. The molecular weight excluding hydrogens is 359 g/mol. The Morgan fingerprint density at radius 2 is 1.00 bits per heavy atom. The Balaban J connectivity index is 1.63. The molecule has 0 aromatic heterocycles. The van der Waals surface area contributed by atoms with E-state index in [1.807, 2.05) is 0 Å². The van der Waals surface area contributed by atoms with Crippen LogP contribution in [0.15, 0.2) is 72.8 Å². The summed E-state index contributed by atoms with van der Waals surface area (Å²) >= 11 is 12.4. The van der Waals surface area contributed by atoms with E-state index in [1.165, 1.54) is 44.5 Å². The van der Waals surface area contributed by atoms with Crippen LogP contribution < -0.4 is 0 Å². The van der Waals surface area contributed by atoms with E-state index >= 15 is 0 Å². The predicted octanol–water partition coefficient (Wildman–Crippen LogP) is 7.16. The van der Waals surface area contributed by atoms with Crippen molar-refractivity contribution in [1.82, 2.24) is 0 Å². The average molecular weight is 379 g/mol. The van der Waals surface area contributed by atoms with Gasteiger partial charge < -0.3 is 0 Å². The zero-order valence-corrected chi connectivity index (χ0v) is 16.0. The van der Waals surface area contributed by atoms with Crippen LogP contribution >= 0.6 is 23.2 Å². The average Bonchev–Trinajstić information content (AvgIpc) is 3.25. The monoisotopic (exact) mass is 378 g/mol. The largest absolute Gasteiger partial charge is 0.122 e. The summed E-state index contributed by atoms with van der Waals surface area (Å²) in [4.78, 5) is 0. The van der Waals surface area contributed by atoms with E-state index in [0.29, 0.717) is 11.8 Å². The van der Waals surface area contributed by atoms with Gasteiger partial charge in [0.1, 0.15) is 0 Å². The lowest BCUT2D eigenvalue weighted by Crippen LogP contribution is -1.90. The zero-order valence-electron chi connectivity index (χ0n) is 14.5. The topological polar surface area (TPSA) is 0 Å². The third-order valence-corrected chi connectivity index (χ3v) is 5.63. The summed E-state index contributed by atoms with van der Waals surface area (Å²) in [5.41, 5.74) is 10.0. The van der Waals surface area contributed by atoms with Gasteiger partial charge >= 0.3 is 0 Å². The van der Waals surface area contributed by atoms with Gasteiger partial charge in [-0.1, -0.05) is 72.8 Å². The molecule has 0 aromatic carbocycles. The van der Waals surface area contributed by atoms with E-state index in [1.54, 1.807) is 0 Å². The van der Waals surface area contributed by atoms with Gasteiger partial charge in [-0.25, -0.2) is 0 Å². The van der Waals surface area contributed by atoms with Gasteiger partial charge in [-0.05, 0) is 57.3 Å². The van der Waals surface area contributed by atoms with Gasteiger partial charge in [-0.2, -0.15) is 0 Å². The summed E-state index contributed by atoms with van der Waals surface area (Å²) in [5.74, 6) is 1.07. The maximum absolute atomic E-state index is 6.20. The first-order chi connectivity index (χ1) is 12.8. The first kappa shape index (κ1) is 17.4. The van der Waals surface area contributed by atoms with E-state index in [-0.39, 0.29) is 0 Å². The van der Waals surface area contributed by atoms with E-state index in [2.05, 4.69) is 72.8 Å². The van der Waals surface area contributed by atoms with Crippen molar-refractivity contribution >= 4 is 23.2 Å². The minimum absolute atomic E-state index is 0.535. The first-order valence-electron chi connectivity index (χ1n) is 8.91. The molecule has 26 heavy (non-hydrogen) atoms. The lowest BCUT2D eigenvalue weighted by atomic mass is 10.0. The van der Waals surface area contributed by atoms with Crippen molar-refractivity contribution in [2.75, 3.05) is 0 Å². The van der Waals surface area contributed by atoms with Crippen molar-refractivity contribution in [3.63, 3.8) is 0 Å². The quantitative estimate of drug-likeness (QED) is 0.323. The molecule has 0 fully saturated rings. The van der Waals surface area contributed by atoms with Crippen LogP contribution in [-0.4, -0.2) is 0 Å². The second-order valence-corrected chi connectivity index (χ2v) is 7.25. The molecule has 2 heteroatoms. The third-order valence-electron chi connectivity index (χ3n) is 5.05. The highest BCUT2D eigenvalue weighted by Gasteiger charge is 2.09. The van der Waals surface area contributed by atoms with E-state index in [0.717, 1.165) is 12.8 Å². The van der Waals surface area contributed by atoms with Crippen molar-refractivity contribution < 1.29 is 0 Å². The molecule has 0 bridgehead atoms. The molecule has 0 saturated heterocycles. The van der Waals surface area contributed by atoms with E-state index in [9.17, 15) is 0 Å². The molecular formula is C24H20Cl2. The van der Waals surface area contributed by atoms with Crippen LogP contribution in [0.5, 0.6) is 0 Å². The Hall–Kier alpha value is -2.02. The van der Waals surface area contributed by atoms with Crippen molar-refractivity contribution in [1.29, 1.82) is 0 Å². The van der Waals surface area contributed by atoms with Crippen LogP contribution in [0.2, 0.25) is 0 Å². The molecule has 0 spiro atoms. The molecule has 0 radical (unpaired) electrons. The fourth-order valence-corrected chi connectivity index (χ4v) is 4.10. The summed E-state index contributed by atoms with van der Waals surface area (Å²) in [7, 11) is 0. The number of alkyl halides is 2. The number of aryl methyl sites for hydroxylation is 2. The standard InChI is InChI=1S/C24H20Cl2/c25-15-21-13-17(9-11-19-3-1-5-23(19)21)7-8-18-10-12-20-4-2-6-24(20)22(14-18)16-26/h1-6,9-14H,7-8,15-16H2. The Labute approximate surface area is 165 Å². The van der Waals surface area contributed by atoms with Gasteiger partial charge in [-0.15, -0.1) is 23.2 Å². The van der Waals surface area contributed by atoms with Gasteiger partial charge in [0.25, 0.3) is 0 Å². The van der Waals surface area contributed by atoms with E-state index in [4.69, 9.17) is 23.2 Å². The molecule has 0 N–H and O–H groups in total. The Kier molecular flexibility index (Phi) is 5.15. The lowest BCUT2D eigenvalue weighted by molar-refractivity contribution is 0.960. The molecule has 0 saturated carbocycles. The number of halogens is 2. The normalized spacial score (nSPS) is 11.3. The molecule has 0 heterocycles. The first-order valence-corrected chi connectivity index (χ1v) is 9.98. The van der Waals surface area contributed by atoms with Gasteiger partial charge in [0.05, 0.1) is 0 Å². The maximum atomic E-state index is 6.20. The third kappa shape index (κ3) is 3.45. The van der Waals surface area contributed by atoms with Crippen LogP contribution in [0.3, 0.4) is 0 Å². The van der Waals surface area contributed by atoms with E-state index < -0.39 is 0 Å². The number of hydrogen-bond donors (Lipinski definition) is 0. The van der Waals surface area contributed by atoms with Crippen LogP contribution in [0.4, 0.5) is 0 Å². The lowest BCUT2D eigenvalue weighted by Gasteiger charge is -2.02. The van der Waals surface area contributed by atoms with Crippen molar-refractivity contribution in [2.45, 2.75) is 24.6 Å². The fourth-order valence-electron chi connectivity index (χ4n) is 3.66. The summed E-state index contributed by atoms with van der Waals surface area (Å²) in [6, 6.07) is 26.1. The van der Waals surface area contributed by atoms with Crippen LogP contribution in [-0.2, 0) is 24.6 Å². The van der Waals surface area contributed by atoms with Crippen LogP contribution in [0.25, 0.3) is 22.3 Å². The summed E-state index contributed by atoms with van der Waals surface area (Å²) in [6.45, 7) is 0. The van der Waals surface area contributed by atoms with Gasteiger partial charge in [0.2, 0.25) is 0 Å². The molecule has 0 aromatic rings. The fraction of sp³-hybridized carbons (Fsp3) is 0.167. The smallest absolute Gasteiger partial charge is 0.0480 e. The number of hydrogen-bond acceptors (Lipinski definition) is 0. The summed E-state index contributed by atoms with van der Waals surface area (Å²) in [5, 5.41) is 0. The van der Waals surface area contributed by atoms with Crippen molar-refractivity contribution in [3.8, 4) is 22.3 Å². The highest BCUT2D eigenvalue weighted by molar-refractivity contribution is 6.17. The molecule has 4 aliphatic carbocycles. The molecule has 130 valence electrons. The molecule has 0 unspecified atom stereocenters. The maximum Gasteiger partial charge on any atom is 0.0480 e. The molecule has 0 aliphatic heterocycles. The molecule has 0 atom stereocenters. The molecule has 4 aliphatic rings. The number of rotatable bonds is 5. The SMILES string of the molecule is ClCc1cc(CCc2ccc3cccc-3c(CCl)c2)ccc2cccc1-2. The van der Waals surface area contributed by atoms with Crippen LogP contribution in [0.1, 0.15) is 22.3 Å². The second kappa shape index (κ2) is 7.70. The molecule has 4 rings (SSSR count). The highest BCUT2D eigenvalue weighted by atomic mass is 35.5. The minimum Gasteiger partial charge on any atom is -0.122 e. The second-order valence-electron chi connectivity index (χ2n) is 6.71. The zero-order chi connectivity index (χ0) is 17.9. The predicted molar refractivity (Wildman–Crippen MR) is 113 cm³/mol. The van der Waals surface area contributed by atoms with Gasteiger partial charge in [0.15, 0.2) is 0 Å². The Bertz CT molecular complexity index is 893. The molecule has 0 nitrogen and oxygen atoms in total. The van der Waals surface area contributed by atoms with Crippen molar-refractivity contribution in [3.05, 3.63) is 95.1 Å². The van der Waals surface area contributed by atoms with Crippen molar-refractivity contribution in [2.24, 2.45) is 0 Å². The Morgan fingerprint density at radius 1 is 0.538 bits per heavy atom.